The summed E-state index contributed by atoms with van der Waals surface area (Å²) in [6.45, 7) is 17.8. The minimum absolute atomic E-state index is 0.0121. The highest BCUT2D eigenvalue weighted by atomic mass is 16.6. The molecule has 15 heteroatoms. The maximum atomic E-state index is 14.4. The number of fused-ring (bicyclic) bond motifs is 6. The number of rotatable bonds is 19. The van der Waals surface area contributed by atoms with Gasteiger partial charge >= 0.3 is 12.1 Å². The van der Waals surface area contributed by atoms with Crippen molar-refractivity contribution in [3.05, 3.63) is 92.1 Å². The molecule has 2 aromatic carbocycles. The van der Waals surface area contributed by atoms with Crippen molar-refractivity contribution in [1.29, 1.82) is 0 Å². The van der Waals surface area contributed by atoms with E-state index in [4.69, 9.17) is 18.9 Å². The van der Waals surface area contributed by atoms with Crippen LogP contribution >= 0.6 is 0 Å². The van der Waals surface area contributed by atoms with Crippen molar-refractivity contribution in [2.45, 2.75) is 175 Å². The summed E-state index contributed by atoms with van der Waals surface area (Å²) in [5, 5.41) is 44.8. The van der Waals surface area contributed by atoms with E-state index in [1.807, 2.05) is 13.8 Å². The van der Waals surface area contributed by atoms with Crippen LogP contribution in [0.3, 0.4) is 0 Å². The first-order valence-electron chi connectivity index (χ1n) is 25.5. The van der Waals surface area contributed by atoms with E-state index < -0.39 is 47.4 Å². The fourth-order valence-electron chi connectivity index (χ4n) is 10.4. The number of ether oxygens (including phenoxy) is 4. The lowest BCUT2D eigenvalue weighted by atomic mass is 9.84. The third kappa shape index (κ3) is 12.0. The van der Waals surface area contributed by atoms with Gasteiger partial charge in [0.1, 0.15) is 40.2 Å². The number of carboxylic acid groups (broad SMARTS) is 1. The number of aromatic hydroxyl groups is 1. The second kappa shape index (κ2) is 22.4. The van der Waals surface area contributed by atoms with Crippen molar-refractivity contribution >= 4 is 23.9 Å². The highest BCUT2D eigenvalue weighted by Crippen LogP contribution is 2.49. The van der Waals surface area contributed by atoms with Crippen LogP contribution < -0.4 is 14.2 Å². The van der Waals surface area contributed by atoms with Crippen molar-refractivity contribution in [3.63, 3.8) is 0 Å². The number of carbonyl (C=O) groups excluding carboxylic acids is 3. The number of phenols is 1. The lowest BCUT2D eigenvalue weighted by Gasteiger charge is -2.41. The topological polar surface area (TPSA) is 196 Å². The van der Waals surface area contributed by atoms with E-state index in [0.717, 1.165) is 25.7 Å². The number of nitrogens with zero attached hydrogens (tertiary/aromatic N) is 3. The Morgan fingerprint density at radius 1 is 0.746 bits per heavy atom. The minimum Gasteiger partial charge on any atom is -0.508 e. The van der Waals surface area contributed by atoms with Crippen molar-refractivity contribution < 1.29 is 58.6 Å². The minimum atomic E-state index is -1.28. The molecule has 7 rings (SSSR count). The molecule has 0 aliphatic carbocycles. The van der Waals surface area contributed by atoms with Gasteiger partial charge in [-0.1, -0.05) is 46.6 Å². The summed E-state index contributed by atoms with van der Waals surface area (Å²) in [5.41, 5.74) is 5.40. The number of aliphatic carboxylic acids is 1. The summed E-state index contributed by atoms with van der Waals surface area (Å²) in [6, 6.07) is 1.62. The lowest BCUT2D eigenvalue weighted by molar-refractivity contribution is -0.142. The molecule has 5 aliphatic rings. The van der Waals surface area contributed by atoms with E-state index in [1.54, 1.807) is 4.90 Å². The number of carboxylic acids is 1. The van der Waals surface area contributed by atoms with Crippen LogP contribution in [0.25, 0.3) is 0 Å². The molecule has 5 atom stereocenters. The Kier molecular flexibility index (Phi) is 16.8. The van der Waals surface area contributed by atoms with Crippen molar-refractivity contribution in [2.75, 3.05) is 32.8 Å². The first kappa shape index (κ1) is 53.2. The summed E-state index contributed by atoms with van der Waals surface area (Å²) >= 11 is 0. The van der Waals surface area contributed by atoms with E-state index in [2.05, 4.69) is 65.8 Å². The summed E-state index contributed by atoms with van der Waals surface area (Å²) in [4.78, 5) is 59.4. The summed E-state index contributed by atoms with van der Waals surface area (Å²) < 4.78 is 24.7. The SMILES string of the molecule is CC(C)=CCC/C(C)=C/CC[C@@]1(C)Oc2c(c(O)cc3c2CN(CCC[C@@H](C(=O)O)N2Cc4c(cc(OC(=O)N5CCOCC5)c5c4O[C@](C)(CC/C=C(\C)CCC=C(C)C)[C@@H](O)C5)C2=O)C3=O)C[C@@H]1O. The summed E-state index contributed by atoms with van der Waals surface area (Å²) in [6.07, 6.45) is 12.8. The molecule has 1 fully saturated rings. The largest absolute Gasteiger partial charge is 0.508 e. The van der Waals surface area contributed by atoms with Gasteiger partial charge in [0, 0.05) is 54.7 Å². The van der Waals surface area contributed by atoms with Crippen molar-refractivity contribution in [2.24, 2.45) is 0 Å². The monoisotopic (exact) mass is 982 g/mol. The predicted molar refractivity (Wildman–Crippen MR) is 269 cm³/mol. The zero-order chi connectivity index (χ0) is 51.4. The maximum absolute atomic E-state index is 14.4. The average Bonchev–Trinajstić information content (AvgIpc) is 3.80. The normalized spacial score (nSPS) is 23.3. The molecule has 15 nitrogen and oxygen atoms in total. The quantitative estimate of drug-likeness (QED) is 0.0977. The molecule has 0 radical (unpaired) electrons. The molecule has 0 saturated carbocycles. The fraction of sp³-hybridized carbons (Fsp3) is 0.571. The number of phenolic OH excluding ortho intramolecular Hbond substituents is 1. The Bertz CT molecular complexity index is 2490. The van der Waals surface area contributed by atoms with Crippen LogP contribution in [0.15, 0.2) is 58.7 Å². The van der Waals surface area contributed by atoms with Crippen LogP contribution in [0.5, 0.6) is 23.0 Å². The first-order valence-corrected chi connectivity index (χ1v) is 25.5. The molecule has 3 amide bonds. The van der Waals surface area contributed by atoms with Crippen LogP contribution in [0.2, 0.25) is 0 Å². The Labute approximate surface area is 418 Å². The molecule has 2 aromatic rings. The number of allylic oxidation sites excluding steroid dienone is 8. The first-order chi connectivity index (χ1) is 33.7. The van der Waals surface area contributed by atoms with E-state index in [-0.39, 0.29) is 68.3 Å². The molecular formula is C56H75N3O12. The molecule has 1 saturated heterocycles. The van der Waals surface area contributed by atoms with Crippen LogP contribution in [-0.2, 0) is 35.5 Å². The number of benzene rings is 2. The number of amides is 3. The van der Waals surface area contributed by atoms with Crippen molar-refractivity contribution in [1.82, 2.24) is 14.7 Å². The van der Waals surface area contributed by atoms with Crippen LogP contribution in [0.4, 0.5) is 4.79 Å². The molecule has 5 aliphatic heterocycles. The molecule has 0 bridgehead atoms. The third-order valence-corrected chi connectivity index (χ3v) is 15.0. The number of hydrogen-bond donors (Lipinski definition) is 4. The second-order valence-corrected chi connectivity index (χ2v) is 21.1. The molecule has 4 N–H and O–H groups in total. The van der Waals surface area contributed by atoms with Gasteiger partial charge in [0.15, 0.2) is 0 Å². The standard InChI is InChI=1S/C56H75N3O12/c1-34(2)14-9-16-36(5)18-11-21-55(7)47(61)30-40-45(60)28-38-42(49(40)70-55)32-58(51(38)63)23-13-20-44(53(65)66)59-33-43-39(52(59)64)29-46(69-54(67)57-24-26-68-27-25-57)41-31-48(62)56(8,71-50(41)43)22-12-19-37(6)17-10-15-35(3)4/h14-15,18-19,28-29,44,47-48,60-62H,9-13,16-17,20-27,30-33H2,1-8H3,(H,65,66)/b36-18+,37-19+/t44-,47-,48-,55+,56+/m0/s1. The van der Waals surface area contributed by atoms with Crippen molar-refractivity contribution in [3.8, 4) is 23.0 Å². The van der Waals surface area contributed by atoms with Gasteiger partial charge in [0.2, 0.25) is 0 Å². The van der Waals surface area contributed by atoms with E-state index in [9.17, 15) is 39.6 Å². The Hall–Kier alpha value is -5.64. The Morgan fingerprint density at radius 3 is 1.85 bits per heavy atom. The zero-order valence-corrected chi connectivity index (χ0v) is 43.0. The smallest absolute Gasteiger partial charge is 0.415 e. The van der Waals surface area contributed by atoms with Gasteiger partial charge < -0.3 is 54.1 Å². The Morgan fingerprint density at radius 2 is 1.28 bits per heavy atom. The summed E-state index contributed by atoms with van der Waals surface area (Å²) in [5.74, 6) is -1.44. The molecule has 0 aromatic heterocycles. The van der Waals surface area contributed by atoms with Gasteiger partial charge in [-0.3, -0.25) is 9.59 Å². The fourth-order valence-corrected chi connectivity index (χ4v) is 10.4. The predicted octanol–water partition coefficient (Wildman–Crippen LogP) is 9.12. The summed E-state index contributed by atoms with van der Waals surface area (Å²) in [7, 11) is 0. The van der Waals surface area contributed by atoms with Gasteiger partial charge in [0.05, 0.1) is 49.6 Å². The number of carbonyl (C=O) groups is 4. The zero-order valence-electron chi connectivity index (χ0n) is 43.0. The van der Waals surface area contributed by atoms with Gasteiger partial charge in [-0.15, -0.1) is 0 Å². The second-order valence-electron chi connectivity index (χ2n) is 21.1. The molecular weight excluding hydrogens is 907 g/mol. The molecule has 386 valence electrons. The lowest BCUT2D eigenvalue weighted by Crippen LogP contribution is -2.49. The van der Waals surface area contributed by atoms with Crippen LogP contribution in [-0.4, -0.2) is 121 Å². The highest BCUT2D eigenvalue weighted by Gasteiger charge is 2.47. The Balaban J connectivity index is 1.06. The van der Waals surface area contributed by atoms with Crippen LogP contribution in [0.1, 0.15) is 163 Å². The van der Waals surface area contributed by atoms with Crippen LogP contribution in [0, 0.1) is 0 Å². The molecule has 0 spiro atoms. The maximum Gasteiger partial charge on any atom is 0.415 e. The average molecular weight is 982 g/mol. The molecule has 0 unspecified atom stereocenters. The molecule has 71 heavy (non-hydrogen) atoms. The highest BCUT2D eigenvalue weighted by molar-refractivity contribution is 6.02. The van der Waals surface area contributed by atoms with Gasteiger partial charge in [-0.25, -0.2) is 9.59 Å². The number of aliphatic hydroxyl groups is 2. The van der Waals surface area contributed by atoms with E-state index >= 15 is 0 Å². The van der Waals surface area contributed by atoms with E-state index in [1.165, 1.54) is 44.2 Å². The van der Waals surface area contributed by atoms with Gasteiger partial charge in [-0.05, 0) is 132 Å². The third-order valence-electron chi connectivity index (χ3n) is 15.0. The molecule has 5 heterocycles. The number of morpholine rings is 1. The van der Waals surface area contributed by atoms with Gasteiger partial charge in [-0.2, -0.15) is 0 Å². The number of hydrogen-bond acceptors (Lipinski definition) is 11. The van der Waals surface area contributed by atoms with E-state index in [0.29, 0.717) is 91.3 Å². The van der Waals surface area contributed by atoms with Gasteiger partial charge in [0.25, 0.3) is 11.8 Å². The number of aliphatic hydroxyl groups excluding tert-OH is 2.